The molecule has 3 aliphatic rings. The zero-order valence-electron chi connectivity index (χ0n) is 19.7. The lowest BCUT2D eigenvalue weighted by Gasteiger charge is -2.48. The second-order valence-electron chi connectivity index (χ2n) is 10.7. The van der Waals surface area contributed by atoms with E-state index in [9.17, 15) is 5.26 Å². The van der Waals surface area contributed by atoms with Gasteiger partial charge in [-0.15, -0.1) is 0 Å². The van der Waals surface area contributed by atoms with Crippen molar-refractivity contribution in [3.63, 3.8) is 0 Å². The first-order valence-corrected chi connectivity index (χ1v) is 11.3. The van der Waals surface area contributed by atoms with Crippen LogP contribution in [0, 0.1) is 28.7 Å². The van der Waals surface area contributed by atoms with Gasteiger partial charge in [0.05, 0.1) is 12.6 Å². The molecule has 4 nitrogen and oxygen atoms in total. The lowest BCUT2D eigenvalue weighted by molar-refractivity contribution is 0.289. The van der Waals surface area contributed by atoms with Crippen LogP contribution in [0.15, 0.2) is 53.1 Å². The Hall–Kier alpha value is -3.24. The van der Waals surface area contributed by atoms with Gasteiger partial charge in [0.15, 0.2) is 0 Å². The van der Waals surface area contributed by atoms with E-state index in [0.29, 0.717) is 17.8 Å². The summed E-state index contributed by atoms with van der Waals surface area (Å²) in [6.45, 7) is 20.9. The molecule has 0 fully saturated rings. The molecule has 164 valence electrons. The number of nitrogens with zero attached hydrogens (tertiary/aromatic N) is 3. The van der Waals surface area contributed by atoms with Crippen LogP contribution in [-0.2, 0) is 17.6 Å². The van der Waals surface area contributed by atoms with Crippen molar-refractivity contribution in [2.75, 3.05) is 18.0 Å². The van der Waals surface area contributed by atoms with Crippen molar-refractivity contribution in [2.45, 2.75) is 53.9 Å². The molecule has 0 aliphatic carbocycles. The Kier molecular flexibility index (Phi) is 5.51. The minimum Gasteiger partial charge on any atom is -0.462 e. The Bertz CT molecular complexity index is 1110. The second kappa shape index (κ2) is 8.03. The van der Waals surface area contributed by atoms with Gasteiger partial charge in [-0.2, -0.15) is 0 Å². The Labute approximate surface area is 192 Å². The molecular weight excluding hydrogens is 394 g/mol. The summed E-state index contributed by atoms with van der Waals surface area (Å²) in [6.07, 6.45) is 10.5. The van der Waals surface area contributed by atoms with Gasteiger partial charge in [0.1, 0.15) is 11.5 Å². The SMILES string of the molecule is [C-]#[N+]/C(C#N)=C1C=C(/C=C/c2cc3c4c(c2)CC(C)(C)CN4CC(C)(C)C3)OC(CC)=C/1. The molecule has 1 aromatic carbocycles. The van der Waals surface area contributed by atoms with Gasteiger partial charge >= 0.3 is 0 Å². The third kappa shape index (κ3) is 4.37. The number of hydrogen-bond donors (Lipinski definition) is 0. The summed E-state index contributed by atoms with van der Waals surface area (Å²) >= 11 is 0. The number of ether oxygens (including phenoxy) is 1. The van der Waals surface area contributed by atoms with Gasteiger partial charge in [0.25, 0.3) is 5.70 Å². The number of nitriles is 1. The molecule has 0 radical (unpaired) electrons. The van der Waals surface area contributed by atoms with Crippen LogP contribution in [0.25, 0.3) is 10.9 Å². The first-order valence-electron chi connectivity index (χ1n) is 11.3. The zero-order chi connectivity index (χ0) is 23.1. The molecule has 3 heterocycles. The Morgan fingerprint density at radius 3 is 2.28 bits per heavy atom. The molecule has 0 saturated carbocycles. The highest BCUT2D eigenvalue weighted by Crippen LogP contribution is 2.45. The summed E-state index contributed by atoms with van der Waals surface area (Å²) in [6, 6.07) is 6.62. The van der Waals surface area contributed by atoms with E-state index in [0.717, 1.165) is 31.7 Å². The van der Waals surface area contributed by atoms with Crippen LogP contribution in [-0.4, -0.2) is 13.1 Å². The van der Waals surface area contributed by atoms with Crippen molar-refractivity contribution in [2.24, 2.45) is 10.8 Å². The molecule has 4 rings (SSSR count). The van der Waals surface area contributed by atoms with Gasteiger partial charge in [-0.1, -0.05) is 40.7 Å². The predicted octanol–water partition coefficient (Wildman–Crippen LogP) is 6.58. The Morgan fingerprint density at radius 1 is 1.12 bits per heavy atom. The quantitative estimate of drug-likeness (QED) is 0.406. The molecule has 0 unspecified atom stereocenters. The molecular formula is C28H31N3O. The number of allylic oxidation sites excluding steroid dienone is 6. The van der Waals surface area contributed by atoms with Gasteiger partial charge in [-0.25, -0.2) is 10.1 Å². The molecule has 0 amide bonds. The summed E-state index contributed by atoms with van der Waals surface area (Å²) in [7, 11) is 0. The van der Waals surface area contributed by atoms with E-state index in [-0.39, 0.29) is 16.5 Å². The standard InChI is InChI=1S/C28H31N3O/c1-7-23-12-20(25(16-29)30-6)13-24(32-23)9-8-19-10-21-14-27(2,3)17-31-18-28(4,5)15-22(11-19)26(21)31/h8-13H,7,14-15,17-18H2,1-5H3/b9-8+,25-20+. The highest BCUT2D eigenvalue weighted by atomic mass is 16.5. The summed E-state index contributed by atoms with van der Waals surface area (Å²) in [5.74, 6) is 1.42. The predicted molar refractivity (Wildman–Crippen MR) is 129 cm³/mol. The molecule has 3 aliphatic heterocycles. The van der Waals surface area contributed by atoms with Gasteiger partial charge in [-0.3, -0.25) is 0 Å². The summed E-state index contributed by atoms with van der Waals surface area (Å²) in [5.41, 5.74) is 6.70. The average molecular weight is 426 g/mol. The van der Waals surface area contributed by atoms with Crippen LogP contribution in [0.4, 0.5) is 5.69 Å². The Morgan fingerprint density at radius 2 is 1.75 bits per heavy atom. The maximum atomic E-state index is 9.27. The molecule has 0 saturated heterocycles. The van der Waals surface area contributed by atoms with E-state index < -0.39 is 0 Å². The first kappa shape index (κ1) is 22.0. The molecule has 0 aromatic heterocycles. The lowest BCUT2D eigenvalue weighted by atomic mass is 9.73. The van der Waals surface area contributed by atoms with Gasteiger partial charge in [-0.05, 0) is 76.3 Å². The normalized spacial score (nSPS) is 22.2. The third-order valence-corrected chi connectivity index (χ3v) is 6.32. The fourth-order valence-corrected chi connectivity index (χ4v) is 5.25. The molecule has 32 heavy (non-hydrogen) atoms. The van der Waals surface area contributed by atoms with Crippen molar-refractivity contribution in [1.82, 2.24) is 0 Å². The lowest BCUT2D eigenvalue weighted by Crippen LogP contribution is -2.48. The van der Waals surface area contributed by atoms with Crippen LogP contribution >= 0.6 is 0 Å². The zero-order valence-corrected chi connectivity index (χ0v) is 19.7. The minimum atomic E-state index is 0.0907. The smallest absolute Gasteiger partial charge is 0.269 e. The van der Waals surface area contributed by atoms with E-state index in [1.807, 2.05) is 19.1 Å². The molecule has 0 spiro atoms. The Balaban J connectivity index is 1.71. The van der Waals surface area contributed by atoms with Crippen molar-refractivity contribution < 1.29 is 4.74 Å². The van der Waals surface area contributed by atoms with Crippen molar-refractivity contribution in [3.8, 4) is 6.07 Å². The molecule has 1 aromatic rings. The summed E-state index contributed by atoms with van der Waals surface area (Å²) in [4.78, 5) is 5.96. The summed E-state index contributed by atoms with van der Waals surface area (Å²) in [5, 5.41) is 9.27. The number of benzene rings is 1. The first-order chi connectivity index (χ1) is 15.1. The van der Waals surface area contributed by atoms with E-state index in [1.165, 1.54) is 22.4 Å². The molecule has 0 N–H and O–H groups in total. The number of anilines is 1. The molecule has 4 heteroatoms. The highest BCUT2D eigenvalue weighted by Gasteiger charge is 2.38. The summed E-state index contributed by atoms with van der Waals surface area (Å²) < 4.78 is 5.97. The van der Waals surface area contributed by atoms with Crippen molar-refractivity contribution >= 4 is 11.8 Å². The van der Waals surface area contributed by atoms with Crippen LogP contribution in [0.3, 0.4) is 0 Å². The van der Waals surface area contributed by atoms with E-state index >= 15 is 0 Å². The average Bonchev–Trinajstić information content (AvgIpc) is 2.70. The van der Waals surface area contributed by atoms with Crippen LogP contribution in [0.2, 0.25) is 0 Å². The maximum Gasteiger partial charge on any atom is 0.269 e. The monoisotopic (exact) mass is 425 g/mol. The fourth-order valence-electron chi connectivity index (χ4n) is 5.25. The third-order valence-electron chi connectivity index (χ3n) is 6.32. The number of rotatable bonds is 3. The highest BCUT2D eigenvalue weighted by molar-refractivity contribution is 5.69. The van der Waals surface area contributed by atoms with E-state index in [2.05, 4.69) is 55.6 Å². The fraction of sp³-hybridized carbons (Fsp3) is 0.429. The topological polar surface area (TPSA) is 40.6 Å². The second-order valence-corrected chi connectivity index (χ2v) is 10.7. The van der Waals surface area contributed by atoms with E-state index in [4.69, 9.17) is 11.3 Å². The van der Waals surface area contributed by atoms with Gasteiger partial charge in [0, 0.05) is 25.2 Å². The maximum absolute atomic E-state index is 9.27. The minimum absolute atomic E-state index is 0.0907. The van der Waals surface area contributed by atoms with Crippen LogP contribution in [0.1, 0.15) is 57.7 Å². The number of hydrogen-bond acceptors (Lipinski definition) is 3. The van der Waals surface area contributed by atoms with Crippen LogP contribution < -0.4 is 4.90 Å². The van der Waals surface area contributed by atoms with E-state index in [1.54, 1.807) is 12.2 Å². The molecule has 0 atom stereocenters. The van der Waals surface area contributed by atoms with Crippen molar-refractivity contribution in [3.05, 3.63) is 81.3 Å². The largest absolute Gasteiger partial charge is 0.462 e. The van der Waals surface area contributed by atoms with Crippen LogP contribution in [0.5, 0.6) is 0 Å². The van der Waals surface area contributed by atoms with Gasteiger partial charge < -0.3 is 9.64 Å². The molecule has 0 bridgehead atoms. The van der Waals surface area contributed by atoms with Gasteiger partial charge in [0.2, 0.25) is 0 Å². The van der Waals surface area contributed by atoms with Crippen molar-refractivity contribution in [1.29, 1.82) is 5.26 Å².